The van der Waals surface area contributed by atoms with Gasteiger partial charge in [-0.1, -0.05) is 12.1 Å². The molecule has 1 aliphatic heterocycles. The van der Waals surface area contributed by atoms with Crippen LogP contribution in [0.25, 0.3) is 10.8 Å². The van der Waals surface area contributed by atoms with Crippen LogP contribution in [0.5, 0.6) is 0 Å². The van der Waals surface area contributed by atoms with Gasteiger partial charge < -0.3 is 14.4 Å². The van der Waals surface area contributed by atoms with E-state index in [1.807, 2.05) is 42.2 Å². The Bertz CT molecular complexity index is 967. The zero-order chi connectivity index (χ0) is 19.0. The normalized spacial score (nSPS) is 18.6. The number of ether oxygens (including phenoxy) is 2. The Morgan fingerprint density at radius 3 is 2.74 bits per heavy atom. The molecule has 2 aromatic rings. The molecule has 1 heterocycles. The summed E-state index contributed by atoms with van der Waals surface area (Å²) in [4.78, 5) is 15.6. The predicted octanol–water partition coefficient (Wildman–Crippen LogP) is 4.25. The summed E-state index contributed by atoms with van der Waals surface area (Å²) < 4.78 is 14.2. The molecule has 0 saturated carbocycles. The summed E-state index contributed by atoms with van der Waals surface area (Å²) in [6.07, 6.45) is 4.89. The van der Waals surface area contributed by atoms with Crippen LogP contribution >= 0.6 is 11.9 Å². The Hall–Kier alpha value is -2.44. The van der Waals surface area contributed by atoms with Crippen molar-refractivity contribution in [2.75, 3.05) is 25.7 Å². The van der Waals surface area contributed by atoms with Gasteiger partial charge in [0.15, 0.2) is 11.5 Å². The molecule has 1 atom stereocenters. The summed E-state index contributed by atoms with van der Waals surface area (Å²) in [7, 11) is 3.29. The number of nitrogens with zero attached hydrogens (tertiary/aromatic N) is 1. The number of rotatable bonds is 6. The van der Waals surface area contributed by atoms with Crippen molar-refractivity contribution in [3.05, 3.63) is 59.6 Å². The minimum atomic E-state index is 0.0883. The third kappa shape index (κ3) is 2.99. The summed E-state index contributed by atoms with van der Waals surface area (Å²) in [6.45, 7) is 2.68. The summed E-state index contributed by atoms with van der Waals surface area (Å²) in [5.74, 6) is 1.60. The Morgan fingerprint density at radius 2 is 2.00 bits per heavy atom. The van der Waals surface area contributed by atoms with E-state index >= 15 is 0 Å². The van der Waals surface area contributed by atoms with E-state index in [9.17, 15) is 4.79 Å². The summed E-state index contributed by atoms with van der Waals surface area (Å²) in [5.41, 5.74) is 1.79. The number of carbonyl (C=O) groups excluding carboxylic acids is 1. The van der Waals surface area contributed by atoms with Crippen molar-refractivity contribution in [1.82, 2.24) is 4.72 Å². The van der Waals surface area contributed by atoms with Crippen molar-refractivity contribution in [3.63, 3.8) is 0 Å². The van der Waals surface area contributed by atoms with Gasteiger partial charge in [0.2, 0.25) is 0 Å². The third-order valence-corrected chi connectivity index (χ3v) is 5.97. The van der Waals surface area contributed by atoms with Gasteiger partial charge in [-0.25, -0.2) is 0 Å². The van der Waals surface area contributed by atoms with E-state index < -0.39 is 0 Å². The molecule has 1 N–H and O–H groups in total. The Balaban J connectivity index is 1.60. The smallest absolute Gasteiger partial charge is 0.258 e. The molecule has 5 nitrogen and oxygen atoms in total. The largest absolute Gasteiger partial charge is 0.493 e. The quantitative estimate of drug-likeness (QED) is 0.757. The number of hydrogen-bond acceptors (Lipinski definition) is 5. The number of methoxy groups -OCH3 is 2. The van der Waals surface area contributed by atoms with E-state index in [0.29, 0.717) is 6.54 Å². The first kappa shape index (κ1) is 17.9. The molecule has 27 heavy (non-hydrogen) atoms. The minimum absolute atomic E-state index is 0.0883. The maximum absolute atomic E-state index is 12.6. The molecule has 0 spiro atoms. The van der Waals surface area contributed by atoms with Crippen LogP contribution in [-0.4, -0.2) is 32.7 Å². The second kappa shape index (κ2) is 7.29. The van der Waals surface area contributed by atoms with Crippen LogP contribution in [0.3, 0.4) is 0 Å². The van der Waals surface area contributed by atoms with Gasteiger partial charge in [0.25, 0.3) is 5.91 Å². The van der Waals surface area contributed by atoms with E-state index in [4.69, 9.17) is 9.47 Å². The monoisotopic (exact) mass is 382 g/mol. The molecule has 1 unspecified atom stereocenters. The lowest BCUT2D eigenvalue weighted by molar-refractivity contribution is 0.0994. The fourth-order valence-electron chi connectivity index (χ4n) is 3.66. The van der Waals surface area contributed by atoms with Crippen molar-refractivity contribution in [1.29, 1.82) is 0 Å². The molecule has 2 aromatic carbocycles. The van der Waals surface area contributed by atoms with Gasteiger partial charge in [-0.05, 0) is 61.0 Å². The fourth-order valence-corrected chi connectivity index (χ4v) is 4.52. The van der Waals surface area contributed by atoms with Gasteiger partial charge in [-0.2, -0.15) is 0 Å². The number of anilines is 1. The van der Waals surface area contributed by atoms with Gasteiger partial charge in [-0.3, -0.25) is 9.52 Å². The van der Waals surface area contributed by atoms with Crippen LogP contribution in [0.2, 0.25) is 0 Å². The fraction of sp³-hybridized carbons (Fsp3) is 0.286. The van der Waals surface area contributed by atoms with E-state index in [2.05, 4.69) is 16.9 Å². The molecular formula is C21H22N2O3S. The van der Waals surface area contributed by atoms with Gasteiger partial charge in [0.05, 0.1) is 19.9 Å². The van der Waals surface area contributed by atoms with Crippen LogP contribution in [-0.2, 0) is 9.47 Å². The number of amides is 1. The number of hydrogen-bond donors (Lipinski definition) is 1. The lowest BCUT2D eigenvalue weighted by Crippen LogP contribution is -2.25. The highest BCUT2D eigenvalue weighted by Gasteiger charge is 2.29. The van der Waals surface area contributed by atoms with Gasteiger partial charge in [0.1, 0.15) is 0 Å². The van der Waals surface area contributed by atoms with E-state index in [0.717, 1.165) is 44.9 Å². The zero-order valence-corrected chi connectivity index (χ0v) is 16.4. The second-order valence-corrected chi connectivity index (χ2v) is 7.31. The predicted molar refractivity (Wildman–Crippen MR) is 109 cm³/mol. The average molecular weight is 382 g/mol. The molecule has 2 aliphatic rings. The topological polar surface area (TPSA) is 50.8 Å². The van der Waals surface area contributed by atoms with Crippen LogP contribution in [0.1, 0.15) is 23.7 Å². The number of nitrogens with one attached hydrogen (secondary N) is 1. The summed E-state index contributed by atoms with van der Waals surface area (Å²) >= 11 is 1.58. The highest BCUT2D eigenvalue weighted by Crippen LogP contribution is 2.41. The van der Waals surface area contributed by atoms with Crippen molar-refractivity contribution in [2.24, 2.45) is 0 Å². The highest BCUT2D eigenvalue weighted by molar-refractivity contribution is 7.97. The first-order chi connectivity index (χ1) is 13.2. The van der Waals surface area contributed by atoms with Crippen LogP contribution in [0.4, 0.5) is 5.69 Å². The molecular weight excluding hydrogens is 360 g/mol. The molecule has 0 radical (unpaired) electrons. The van der Waals surface area contributed by atoms with E-state index in [1.165, 1.54) is 0 Å². The first-order valence-electron chi connectivity index (χ1n) is 8.98. The molecule has 0 saturated heterocycles. The average Bonchev–Trinajstić information content (AvgIpc) is 3.00. The lowest BCUT2D eigenvalue weighted by Gasteiger charge is -2.21. The molecule has 0 aromatic heterocycles. The molecule has 6 heteroatoms. The maximum Gasteiger partial charge on any atom is 0.258 e. The van der Waals surface area contributed by atoms with Crippen molar-refractivity contribution >= 4 is 34.3 Å². The van der Waals surface area contributed by atoms with Crippen molar-refractivity contribution < 1.29 is 14.3 Å². The molecule has 4 rings (SSSR count). The molecule has 0 bridgehead atoms. The molecule has 140 valence electrons. The van der Waals surface area contributed by atoms with E-state index in [-0.39, 0.29) is 11.9 Å². The van der Waals surface area contributed by atoms with Crippen LogP contribution in [0.15, 0.2) is 58.9 Å². The number of benzene rings is 2. The Labute approximate surface area is 163 Å². The lowest BCUT2D eigenvalue weighted by atomic mass is 10.1. The molecule has 1 aliphatic carbocycles. The Morgan fingerprint density at radius 1 is 1.19 bits per heavy atom. The van der Waals surface area contributed by atoms with Crippen LogP contribution < -0.4 is 9.62 Å². The standard InChI is InChI=1S/C21H22N2O3S/c1-4-23-16-9-11-19(14-6-5-7-15(20(14)16)21(23)24)27-22-13-8-10-17(25-2)18(12-13)26-3/h5-7,9-13,22H,4,8H2,1-3H3. The van der Waals surface area contributed by atoms with Gasteiger partial charge in [0, 0.05) is 28.4 Å². The third-order valence-electron chi connectivity index (χ3n) is 4.97. The maximum atomic E-state index is 12.6. The number of carbonyl (C=O) groups is 1. The van der Waals surface area contributed by atoms with E-state index in [1.54, 1.807) is 26.2 Å². The van der Waals surface area contributed by atoms with Crippen molar-refractivity contribution in [3.8, 4) is 0 Å². The molecule has 0 fully saturated rings. The van der Waals surface area contributed by atoms with Gasteiger partial charge >= 0.3 is 0 Å². The van der Waals surface area contributed by atoms with Gasteiger partial charge in [-0.15, -0.1) is 0 Å². The summed E-state index contributed by atoms with van der Waals surface area (Å²) in [5, 5.41) is 2.15. The minimum Gasteiger partial charge on any atom is -0.493 e. The highest BCUT2D eigenvalue weighted by atomic mass is 32.2. The second-order valence-electron chi connectivity index (χ2n) is 6.43. The SMILES string of the molecule is CCN1C(=O)c2cccc3c(SNC4C=C(OC)C(OC)=CC4)ccc1c23. The van der Waals surface area contributed by atoms with Crippen molar-refractivity contribution in [2.45, 2.75) is 24.3 Å². The van der Waals surface area contributed by atoms with Crippen LogP contribution in [0, 0.1) is 0 Å². The Kier molecular flexibility index (Phi) is 4.85. The zero-order valence-electron chi connectivity index (χ0n) is 15.6. The molecule has 1 amide bonds. The summed E-state index contributed by atoms with van der Waals surface area (Å²) in [6, 6.07) is 10.2. The first-order valence-corrected chi connectivity index (χ1v) is 9.79.